The van der Waals surface area contributed by atoms with Crippen molar-refractivity contribution < 1.29 is 23.8 Å². The summed E-state index contributed by atoms with van der Waals surface area (Å²) in [6, 6.07) is 2.44. The second-order valence-electron chi connectivity index (χ2n) is 3.37. The Balaban J connectivity index is 3.06. The van der Waals surface area contributed by atoms with Gasteiger partial charge in [-0.05, 0) is 17.7 Å². The topological polar surface area (TPSA) is 75.6 Å². The lowest BCUT2D eigenvalue weighted by Gasteiger charge is -2.14. The van der Waals surface area contributed by atoms with E-state index in [0.29, 0.717) is 0 Å². The number of hydrogen-bond acceptors (Lipinski definition) is 3. The molecule has 1 aromatic rings. The highest BCUT2D eigenvalue weighted by atomic mass is 19.1. The maximum Gasteiger partial charge on any atom is 0.330 e. The number of hydrogen-bond donors (Lipinski definition) is 2. The molecular weight excluding hydrogens is 229 g/mol. The van der Waals surface area contributed by atoms with Gasteiger partial charge in [-0.2, -0.15) is 0 Å². The highest BCUT2D eigenvalue weighted by molar-refractivity contribution is 5.83. The van der Waals surface area contributed by atoms with E-state index in [2.05, 4.69) is 5.32 Å². The molecule has 1 unspecified atom stereocenters. The summed E-state index contributed by atoms with van der Waals surface area (Å²) in [4.78, 5) is 21.8. The summed E-state index contributed by atoms with van der Waals surface area (Å²) in [6.45, 7) is 1.19. The fourth-order valence-corrected chi connectivity index (χ4v) is 1.35. The molecule has 0 aliphatic heterocycles. The molecule has 1 rings (SSSR count). The highest BCUT2D eigenvalue weighted by Crippen LogP contribution is 2.22. The molecule has 0 bridgehead atoms. The van der Waals surface area contributed by atoms with Gasteiger partial charge in [0.2, 0.25) is 5.91 Å². The van der Waals surface area contributed by atoms with Crippen LogP contribution in [0.15, 0.2) is 18.2 Å². The Morgan fingerprint density at radius 1 is 1.47 bits per heavy atom. The first-order chi connectivity index (χ1) is 7.95. The lowest BCUT2D eigenvalue weighted by molar-refractivity contribution is -0.141. The highest BCUT2D eigenvalue weighted by Gasteiger charge is 2.21. The zero-order chi connectivity index (χ0) is 13.0. The molecule has 0 heterocycles. The van der Waals surface area contributed by atoms with Gasteiger partial charge in [0.15, 0.2) is 17.6 Å². The van der Waals surface area contributed by atoms with Crippen molar-refractivity contribution in [1.29, 1.82) is 0 Å². The molecule has 0 fully saturated rings. The summed E-state index contributed by atoms with van der Waals surface area (Å²) in [6.07, 6.45) is 0. The Kier molecular flexibility index (Phi) is 4.03. The fraction of sp³-hybridized carbons (Fsp3) is 0.273. The number of aliphatic carboxylic acids is 1. The predicted octanol–water partition coefficient (Wildman–Crippen LogP) is 1.10. The first-order valence-corrected chi connectivity index (χ1v) is 4.79. The molecule has 0 aliphatic rings. The number of carbonyl (C=O) groups excluding carboxylic acids is 1. The van der Waals surface area contributed by atoms with E-state index in [0.717, 1.165) is 6.07 Å². The number of carbonyl (C=O) groups is 2. The first kappa shape index (κ1) is 13.0. The van der Waals surface area contributed by atoms with Crippen LogP contribution in [-0.2, 0) is 9.59 Å². The maximum absolute atomic E-state index is 13.4. The smallest absolute Gasteiger partial charge is 0.330 e. The van der Waals surface area contributed by atoms with Gasteiger partial charge in [-0.3, -0.25) is 4.79 Å². The SMILES string of the molecule is COc1ccc(C(NC(C)=O)C(=O)O)cc1F. The summed E-state index contributed by atoms with van der Waals surface area (Å²) in [5.74, 6) is -2.43. The summed E-state index contributed by atoms with van der Waals surface area (Å²) in [5.41, 5.74) is 0.144. The normalized spacial score (nSPS) is 11.7. The van der Waals surface area contributed by atoms with E-state index in [9.17, 15) is 14.0 Å². The molecule has 0 saturated heterocycles. The lowest BCUT2D eigenvalue weighted by Crippen LogP contribution is -2.32. The van der Waals surface area contributed by atoms with Crippen molar-refractivity contribution in [1.82, 2.24) is 5.32 Å². The number of nitrogens with one attached hydrogen (secondary N) is 1. The molecule has 1 aromatic carbocycles. The number of carboxylic acids is 1. The van der Waals surface area contributed by atoms with Crippen molar-refractivity contribution >= 4 is 11.9 Å². The fourth-order valence-electron chi connectivity index (χ4n) is 1.35. The quantitative estimate of drug-likeness (QED) is 0.827. The van der Waals surface area contributed by atoms with E-state index in [1.165, 1.54) is 26.2 Å². The third-order valence-electron chi connectivity index (χ3n) is 2.10. The van der Waals surface area contributed by atoms with Crippen molar-refractivity contribution in [3.05, 3.63) is 29.6 Å². The van der Waals surface area contributed by atoms with Gasteiger partial charge in [0, 0.05) is 6.92 Å². The van der Waals surface area contributed by atoms with E-state index < -0.39 is 23.7 Å². The van der Waals surface area contributed by atoms with Crippen molar-refractivity contribution in [2.75, 3.05) is 7.11 Å². The predicted molar refractivity (Wildman–Crippen MR) is 57.1 cm³/mol. The molecule has 0 saturated carbocycles. The monoisotopic (exact) mass is 241 g/mol. The van der Waals surface area contributed by atoms with Crippen LogP contribution >= 0.6 is 0 Å². The van der Waals surface area contributed by atoms with Crippen molar-refractivity contribution in [3.8, 4) is 5.75 Å². The molecule has 1 amide bonds. The van der Waals surface area contributed by atoms with Crippen LogP contribution in [0.25, 0.3) is 0 Å². The first-order valence-electron chi connectivity index (χ1n) is 4.79. The van der Waals surface area contributed by atoms with E-state index in [4.69, 9.17) is 9.84 Å². The number of halogens is 1. The van der Waals surface area contributed by atoms with Gasteiger partial charge in [0.1, 0.15) is 0 Å². The third kappa shape index (κ3) is 3.17. The molecule has 6 heteroatoms. The third-order valence-corrected chi connectivity index (χ3v) is 2.10. The van der Waals surface area contributed by atoms with Gasteiger partial charge in [-0.1, -0.05) is 6.07 Å². The molecule has 0 spiro atoms. The van der Waals surface area contributed by atoms with Crippen LogP contribution in [0.2, 0.25) is 0 Å². The van der Waals surface area contributed by atoms with Gasteiger partial charge >= 0.3 is 5.97 Å². The van der Waals surface area contributed by atoms with Crippen molar-refractivity contribution in [2.45, 2.75) is 13.0 Å². The Hall–Kier alpha value is -2.11. The number of methoxy groups -OCH3 is 1. The van der Waals surface area contributed by atoms with Crippen LogP contribution in [-0.4, -0.2) is 24.1 Å². The molecule has 92 valence electrons. The summed E-state index contributed by atoms with van der Waals surface area (Å²) in [7, 11) is 1.31. The van der Waals surface area contributed by atoms with E-state index in [-0.39, 0.29) is 11.3 Å². The minimum atomic E-state index is -1.27. The second kappa shape index (κ2) is 5.29. The number of rotatable bonds is 4. The lowest BCUT2D eigenvalue weighted by atomic mass is 10.1. The largest absolute Gasteiger partial charge is 0.494 e. The summed E-state index contributed by atoms with van der Waals surface area (Å²) in [5, 5.41) is 11.1. The zero-order valence-corrected chi connectivity index (χ0v) is 9.36. The number of benzene rings is 1. The molecule has 1 atom stereocenters. The van der Waals surface area contributed by atoms with Gasteiger partial charge in [-0.15, -0.1) is 0 Å². The Morgan fingerprint density at radius 2 is 2.12 bits per heavy atom. The van der Waals surface area contributed by atoms with Crippen LogP contribution in [0.5, 0.6) is 5.75 Å². The van der Waals surface area contributed by atoms with Gasteiger partial charge in [0.25, 0.3) is 0 Å². The summed E-state index contributed by atoms with van der Waals surface area (Å²) >= 11 is 0. The number of amides is 1. The van der Waals surface area contributed by atoms with Crippen LogP contribution in [0.4, 0.5) is 4.39 Å². The molecule has 2 N–H and O–H groups in total. The minimum absolute atomic E-state index is 0.0145. The Morgan fingerprint density at radius 3 is 2.53 bits per heavy atom. The summed E-state index contributed by atoms with van der Waals surface area (Å²) < 4.78 is 18.1. The molecule has 0 aromatic heterocycles. The second-order valence-corrected chi connectivity index (χ2v) is 3.37. The van der Waals surface area contributed by atoms with E-state index in [1.54, 1.807) is 0 Å². The van der Waals surface area contributed by atoms with Gasteiger partial charge in [0.05, 0.1) is 7.11 Å². The van der Waals surface area contributed by atoms with Crippen LogP contribution in [0.1, 0.15) is 18.5 Å². The molecular formula is C11H12FNO4. The van der Waals surface area contributed by atoms with E-state index in [1.807, 2.05) is 0 Å². The average molecular weight is 241 g/mol. The zero-order valence-electron chi connectivity index (χ0n) is 9.36. The molecule has 0 radical (unpaired) electrons. The Labute approximate surface area is 97.2 Å². The van der Waals surface area contributed by atoms with Crippen LogP contribution in [0.3, 0.4) is 0 Å². The van der Waals surface area contributed by atoms with Crippen molar-refractivity contribution in [3.63, 3.8) is 0 Å². The number of carboxylic acid groups (broad SMARTS) is 1. The van der Waals surface area contributed by atoms with Gasteiger partial charge < -0.3 is 15.2 Å². The Bertz CT molecular complexity index is 447. The molecule has 0 aliphatic carbocycles. The van der Waals surface area contributed by atoms with Crippen LogP contribution < -0.4 is 10.1 Å². The number of ether oxygens (including phenoxy) is 1. The standard InChI is InChI=1S/C11H12FNO4/c1-6(14)13-10(11(15)16)7-3-4-9(17-2)8(12)5-7/h3-5,10H,1-2H3,(H,13,14)(H,15,16). The van der Waals surface area contributed by atoms with Crippen LogP contribution in [0, 0.1) is 5.82 Å². The van der Waals surface area contributed by atoms with E-state index >= 15 is 0 Å². The maximum atomic E-state index is 13.4. The van der Waals surface area contributed by atoms with Crippen molar-refractivity contribution in [2.24, 2.45) is 0 Å². The average Bonchev–Trinajstić information content (AvgIpc) is 2.25. The minimum Gasteiger partial charge on any atom is -0.494 e. The molecule has 17 heavy (non-hydrogen) atoms. The molecule has 5 nitrogen and oxygen atoms in total. The van der Waals surface area contributed by atoms with Gasteiger partial charge in [-0.25, -0.2) is 9.18 Å².